The highest BCUT2D eigenvalue weighted by Gasteiger charge is 2.63. The average Bonchev–Trinajstić information content (AvgIpc) is 2.86. The molecule has 2 aliphatic rings. The maximum Gasteiger partial charge on any atom is 0.328 e. The summed E-state index contributed by atoms with van der Waals surface area (Å²) in [4.78, 5) is 32.4. The van der Waals surface area contributed by atoms with Gasteiger partial charge in [-0.2, -0.15) is 5.06 Å². The Morgan fingerprint density at radius 3 is 1.92 bits per heavy atom. The number of rotatable bonds is 9. The van der Waals surface area contributed by atoms with Gasteiger partial charge in [0.05, 0.1) is 32.0 Å². The number of carbonyl (C=O) groups excluding carboxylic acids is 2. The van der Waals surface area contributed by atoms with Gasteiger partial charge < -0.3 is 18.9 Å². The van der Waals surface area contributed by atoms with Crippen molar-refractivity contribution in [1.82, 2.24) is 5.06 Å². The first kappa shape index (κ1) is 28.6. The van der Waals surface area contributed by atoms with E-state index < -0.39 is 28.7 Å². The molecular weight excluding hydrogens is 462 g/mol. The van der Waals surface area contributed by atoms with E-state index in [1.807, 2.05) is 18.2 Å². The van der Waals surface area contributed by atoms with Crippen LogP contribution in [0.3, 0.4) is 0 Å². The predicted molar refractivity (Wildman–Crippen MR) is 135 cm³/mol. The van der Waals surface area contributed by atoms with Gasteiger partial charge in [0, 0.05) is 18.4 Å². The number of carbonyl (C=O) groups is 2. The molecule has 0 aliphatic carbocycles. The molecule has 36 heavy (non-hydrogen) atoms. The quantitative estimate of drug-likeness (QED) is 0.344. The average molecular weight is 506 g/mol. The van der Waals surface area contributed by atoms with Crippen molar-refractivity contribution >= 4 is 11.9 Å². The van der Waals surface area contributed by atoms with Gasteiger partial charge in [-0.15, -0.1) is 0 Å². The van der Waals surface area contributed by atoms with Gasteiger partial charge in [0.15, 0.2) is 5.79 Å². The molecule has 2 saturated heterocycles. The Kier molecular flexibility index (Phi) is 8.87. The zero-order valence-corrected chi connectivity index (χ0v) is 22.9. The highest BCUT2D eigenvalue weighted by molar-refractivity contribution is 6.00. The normalized spacial score (nSPS) is 23.1. The molecule has 0 saturated carbocycles. The van der Waals surface area contributed by atoms with Crippen molar-refractivity contribution in [3.8, 4) is 0 Å². The Hall–Kier alpha value is -2.00. The molecule has 2 heterocycles. The lowest BCUT2D eigenvalue weighted by Gasteiger charge is -2.61. The van der Waals surface area contributed by atoms with E-state index in [0.717, 1.165) is 18.4 Å². The van der Waals surface area contributed by atoms with Crippen molar-refractivity contribution < 1.29 is 33.4 Å². The van der Waals surface area contributed by atoms with Gasteiger partial charge in [-0.1, -0.05) is 44.2 Å². The molecule has 3 rings (SSSR count). The summed E-state index contributed by atoms with van der Waals surface area (Å²) in [5.74, 6) is -2.31. The maximum absolute atomic E-state index is 12.9. The first-order valence-corrected chi connectivity index (χ1v) is 13.2. The zero-order valence-electron chi connectivity index (χ0n) is 22.9. The third-order valence-corrected chi connectivity index (χ3v) is 7.63. The lowest BCUT2D eigenvalue weighted by Crippen LogP contribution is -2.70. The van der Waals surface area contributed by atoms with Gasteiger partial charge in [-0.05, 0) is 53.0 Å². The number of ether oxygens (including phenoxy) is 4. The van der Waals surface area contributed by atoms with Crippen LogP contribution in [0.25, 0.3) is 0 Å². The summed E-state index contributed by atoms with van der Waals surface area (Å²) in [5.41, 5.74) is -1.36. The first-order valence-electron chi connectivity index (χ1n) is 13.2. The minimum atomic E-state index is -1.63. The molecule has 1 spiro atoms. The molecule has 0 radical (unpaired) electrons. The van der Waals surface area contributed by atoms with Crippen LogP contribution >= 0.6 is 0 Å². The van der Waals surface area contributed by atoms with E-state index in [4.69, 9.17) is 23.8 Å². The Balaban J connectivity index is 1.88. The van der Waals surface area contributed by atoms with Crippen LogP contribution in [0.1, 0.15) is 85.8 Å². The van der Waals surface area contributed by atoms with E-state index in [-0.39, 0.29) is 38.1 Å². The number of benzene rings is 1. The van der Waals surface area contributed by atoms with Gasteiger partial charge in [0.1, 0.15) is 6.10 Å². The molecule has 1 atom stereocenters. The van der Waals surface area contributed by atoms with Crippen LogP contribution in [0.2, 0.25) is 0 Å². The topological polar surface area (TPSA) is 83.5 Å². The van der Waals surface area contributed by atoms with E-state index in [2.05, 4.69) is 51.8 Å². The van der Waals surface area contributed by atoms with Crippen LogP contribution in [0.15, 0.2) is 30.3 Å². The number of esters is 2. The third kappa shape index (κ3) is 5.32. The lowest BCUT2D eigenvalue weighted by molar-refractivity contribution is -0.392. The summed E-state index contributed by atoms with van der Waals surface area (Å²) in [7, 11) is 0. The fourth-order valence-corrected chi connectivity index (χ4v) is 5.65. The summed E-state index contributed by atoms with van der Waals surface area (Å²) in [5, 5.41) is 2.15. The molecule has 0 bridgehead atoms. The van der Waals surface area contributed by atoms with Crippen LogP contribution in [-0.4, -0.2) is 60.3 Å². The summed E-state index contributed by atoms with van der Waals surface area (Å²) in [6.45, 7) is 14.0. The van der Waals surface area contributed by atoms with Gasteiger partial charge in [-0.25, -0.2) is 0 Å². The van der Waals surface area contributed by atoms with Gasteiger partial charge in [-0.3, -0.25) is 14.4 Å². The Bertz CT molecular complexity index is 868. The number of nitrogens with zero attached hydrogens (tertiary/aromatic N) is 1. The molecule has 0 amide bonds. The second kappa shape index (κ2) is 11.2. The second-order valence-corrected chi connectivity index (χ2v) is 10.6. The van der Waals surface area contributed by atoms with Crippen molar-refractivity contribution in [1.29, 1.82) is 0 Å². The Morgan fingerprint density at radius 2 is 1.44 bits per heavy atom. The lowest BCUT2D eigenvalue weighted by atomic mass is 9.72. The van der Waals surface area contributed by atoms with Crippen LogP contribution in [-0.2, 0) is 33.4 Å². The molecule has 0 N–H and O–H groups in total. The van der Waals surface area contributed by atoms with Crippen LogP contribution in [0.4, 0.5) is 0 Å². The minimum Gasteiger partial charge on any atom is -0.465 e. The molecule has 8 heteroatoms. The van der Waals surface area contributed by atoms with Crippen molar-refractivity contribution in [2.45, 2.75) is 97.1 Å². The Labute approximate surface area is 215 Å². The van der Waals surface area contributed by atoms with E-state index in [9.17, 15) is 9.59 Å². The van der Waals surface area contributed by atoms with Gasteiger partial charge >= 0.3 is 11.9 Å². The van der Waals surface area contributed by atoms with Crippen LogP contribution in [0, 0.1) is 5.41 Å². The molecule has 202 valence electrons. The predicted octanol–water partition coefficient (Wildman–Crippen LogP) is 4.97. The minimum absolute atomic E-state index is 0.134. The molecule has 0 aromatic heterocycles. The molecule has 1 aromatic carbocycles. The van der Waals surface area contributed by atoms with Crippen molar-refractivity contribution in [2.75, 3.05) is 26.4 Å². The number of hydroxylamine groups is 2. The fraction of sp³-hybridized carbons (Fsp3) is 0.714. The molecule has 2 aliphatic heterocycles. The molecular formula is C28H43NO7. The van der Waals surface area contributed by atoms with Gasteiger partial charge in [0.2, 0.25) is 5.41 Å². The van der Waals surface area contributed by atoms with Crippen molar-refractivity contribution in [3.63, 3.8) is 0 Å². The Morgan fingerprint density at radius 1 is 0.917 bits per heavy atom. The number of hydrogen-bond acceptors (Lipinski definition) is 8. The SMILES string of the molecule is CCOC(=O)C1(C(=O)OCC)COC2(CC(C)(C)N(OC(C)c3ccccc3)C(CC)(CC)C2)OC1. The summed E-state index contributed by atoms with van der Waals surface area (Å²) in [6.07, 6.45) is 2.53. The summed E-state index contributed by atoms with van der Waals surface area (Å²) >= 11 is 0. The largest absolute Gasteiger partial charge is 0.465 e. The number of piperidine rings is 1. The van der Waals surface area contributed by atoms with Crippen molar-refractivity contribution in [2.24, 2.45) is 5.41 Å². The summed E-state index contributed by atoms with van der Waals surface area (Å²) in [6, 6.07) is 10.2. The number of hydrogen-bond donors (Lipinski definition) is 0. The van der Waals surface area contributed by atoms with E-state index in [1.54, 1.807) is 13.8 Å². The molecule has 2 fully saturated rings. The monoisotopic (exact) mass is 505 g/mol. The van der Waals surface area contributed by atoms with Gasteiger partial charge in [0.25, 0.3) is 0 Å². The standard InChI is InChI=1S/C28H43NO7/c1-8-26(9-2)18-28(17-25(6,7)29(26)36-21(5)22-15-13-12-14-16-22)34-19-27(20-35-28,23(30)32-10-3)24(31)33-11-4/h12-16,21H,8-11,17-20H2,1-7H3. The van der Waals surface area contributed by atoms with Crippen LogP contribution < -0.4 is 0 Å². The molecule has 1 aromatic rings. The maximum atomic E-state index is 12.9. The smallest absolute Gasteiger partial charge is 0.328 e. The van der Waals surface area contributed by atoms with E-state index in [0.29, 0.717) is 12.8 Å². The highest BCUT2D eigenvalue weighted by Crippen LogP contribution is 2.52. The molecule has 8 nitrogen and oxygen atoms in total. The zero-order chi connectivity index (χ0) is 26.6. The summed E-state index contributed by atoms with van der Waals surface area (Å²) < 4.78 is 23.2. The highest BCUT2D eigenvalue weighted by atomic mass is 16.7. The van der Waals surface area contributed by atoms with Crippen molar-refractivity contribution in [3.05, 3.63) is 35.9 Å². The fourth-order valence-electron chi connectivity index (χ4n) is 5.65. The second-order valence-electron chi connectivity index (χ2n) is 10.6. The van der Waals surface area contributed by atoms with Crippen LogP contribution in [0.5, 0.6) is 0 Å². The van der Waals surface area contributed by atoms with E-state index >= 15 is 0 Å². The third-order valence-electron chi connectivity index (χ3n) is 7.63. The van der Waals surface area contributed by atoms with E-state index in [1.165, 1.54) is 0 Å². The first-order chi connectivity index (χ1) is 17.0. The molecule has 1 unspecified atom stereocenters.